The van der Waals surface area contributed by atoms with E-state index in [0.717, 1.165) is 59.9 Å². The molecule has 0 spiro atoms. The van der Waals surface area contributed by atoms with Gasteiger partial charge >= 0.3 is 0 Å². The maximum absolute atomic E-state index is 6.33. The Kier molecular flexibility index (Phi) is 5.20. The van der Waals surface area contributed by atoms with Gasteiger partial charge in [-0.25, -0.2) is 9.97 Å². The first-order chi connectivity index (χ1) is 16.2. The van der Waals surface area contributed by atoms with Crippen LogP contribution >= 0.6 is 0 Å². The number of nitrogens with zero attached hydrogens (tertiary/aromatic N) is 4. The maximum atomic E-state index is 6.33. The molecule has 6 rings (SSSR count). The lowest BCUT2D eigenvalue weighted by atomic mass is 10.1. The standard InChI is InChI=1S/C26H27N5O2/c27-25-24-23(18-8-10-21(11-9-18)33-20-6-2-1-3-7-20)15-31(26(24)29-17-28-25)13-19-5-4-12-30(19)14-22-16-32-22/h1-3,6-11,15,17,19,22H,4-5,12-14,16H2,(H2,27,28,29)/t19-,22-/m1/s1. The van der Waals surface area contributed by atoms with Gasteiger partial charge in [0.05, 0.1) is 18.1 Å². The third-order valence-corrected chi connectivity index (χ3v) is 6.57. The molecule has 2 saturated heterocycles. The summed E-state index contributed by atoms with van der Waals surface area (Å²) in [7, 11) is 0. The van der Waals surface area contributed by atoms with Crippen molar-refractivity contribution >= 4 is 16.9 Å². The first kappa shape index (κ1) is 20.2. The minimum atomic E-state index is 0.414. The van der Waals surface area contributed by atoms with Gasteiger partial charge in [0.2, 0.25) is 0 Å². The highest BCUT2D eigenvalue weighted by molar-refractivity contribution is 6.00. The second kappa shape index (κ2) is 8.50. The molecule has 0 amide bonds. The van der Waals surface area contributed by atoms with Gasteiger partial charge in [-0.3, -0.25) is 4.90 Å². The van der Waals surface area contributed by atoms with Gasteiger partial charge in [0, 0.05) is 30.9 Å². The molecule has 4 aromatic rings. The van der Waals surface area contributed by atoms with Crippen molar-refractivity contribution < 1.29 is 9.47 Å². The van der Waals surface area contributed by atoms with E-state index in [-0.39, 0.29) is 0 Å². The average molecular weight is 442 g/mol. The van der Waals surface area contributed by atoms with Gasteiger partial charge in [-0.1, -0.05) is 30.3 Å². The van der Waals surface area contributed by atoms with E-state index in [2.05, 4.69) is 37.8 Å². The molecule has 168 valence electrons. The Bertz CT molecular complexity index is 1250. The number of nitrogen functional groups attached to an aromatic ring is 1. The molecule has 2 aromatic carbocycles. The maximum Gasteiger partial charge on any atom is 0.146 e. The Morgan fingerprint density at radius 2 is 1.79 bits per heavy atom. The molecule has 33 heavy (non-hydrogen) atoms. The van der Waals surface area contributed by atoms with Crippen molar-refractivity contribution in [3.05, 3.63) is 67.1 Å². The van der Waals surface area contributed by atoms with Gasteiger partial charge < -0.3 is 19.8 Å². The zero-order valence-electron chi connectivity index (χ0n) is 18.4. The van der Waals surface area contributed by atoms with E-state index in [1.54, 1.807) is 6.33 Å². The molecular weight excluding hydrogens is 414 g/mol. The van der Waals surface area contributed by atoms with Crippen molar-refractivity contribution in [1.29, 1.82) is 0 Å². The van der Waals surface area contributed by atoms with E-state index in [1.807, 2.05) is 42.5 Å². The number of fused-ring (bicyclic) bond motifs is 1. The minimum Gasteiger partial charge on any atom is -0.457 e. The number of likely N-dealkylation sites (tertiary alicyclic amines) is 1. The number of hydrogen-bond donors (Lipinski definition) is 1. The molecule has 4 heterocycles. The smallest absolute Gasteiger partial charge is 0.146 e. The lowest BCUT2D eigenvalue weighted by molar-refractivity contribution is 0.211. The fourth-order valence-corrected chi connectivity index (χ4v) is 4.84. The van der Waals surface area contributed by atoms with Crippen molar-refractivity contribution in [3.8, 4) is 22.6 Å². The van der Waals surface area contributed by atoms with Crippen LogP contribution in [-0.4, -0.2) is 51.3 Å². The fraction of sp³-hybridized carbons (Fsp3) is 0.308. The first-order valence-corrected chi connectivity index (χ1v) is 11.5. The summed E-state index contributed by atoms with van der Waals surface area (Å²) in [6.07, 6.45) is 6.56. The van der Waals surface area contributed by atoms with E-state index in [0.29, 0.717) is 18.0 Å². The lowest BCUT2D eigenvalue weighted by Gasteiger charge is -2.24. The molecule has 0 radical (unpaired) electrons. The van der Waals surface area contributed by atoms with E-state index < -0.39 is 0 Å². The Morgan fingerprint density at radius 3 is 2.58 bits per heavy atom. The van der Waals surface area contributed by atoms with Crippen molar-refractivity contribution in [2.75, 3.05) is 25.4 Å². The highest BCUT2D eigenvalue weighted by Gasteiger charge is 2.32. The van der Waals surface area contributed by atoms with E-state index >= 15 is 0 Å². The molecule has 7 nitrogen and oxygen atoms in total. The number of aromatic nitrogens is 3. The lowest BCUT2D eigenvalue weighted by Crippen LogP contribution is -2.35. The summed E-state index contributed by atoms with van der Waals surface area (Å²) in [6, 6.07) is 18.4. The fourth-order valence-electron chi connectivity index (χ4n) is 4.84. The predicted molar refractivity (Wildman–Crippen MR) is 128 cm³/mol. The number of para-hydroxylation sites is 1. The highest BCUT2D eigenvalue weighted by atomic mass is 16.6. The van der Waals surface area contributed by atoms with Crippen molar-refractivity contribution in [2.24, 2.45) is 0 Å². The van der Waals surface area contributed by atoms with Crippen LogP contribution in [0, 0.1) is 0 Å². The van der Waals surface area contributed by atoms with E-state index in [4.69, 9.17) is 15.2 Å². The molecule has 2 N–H and O–H groups in total. The Hall–Kier alpha value is -3.42. The third-order valence-electron chi connectivity index (χ3n) is 6.57. The summed E-state index contributed by atoms with van der Waals surface area (Å²) in [6.45, 7) is 3.94. The minimum absolute atomic E-state index is 0.414. The molecule has 7 heteroatoms. The second-order valence-corrected chi connectivity index (χ2v) is 8.84. The zero-order chi connectivity index (χ0) is 22.2. The monoisotopic (exact) mass is 441 g/mol. The van der Waals surface area contributed by atoms with Crippen LogP contribution in [0.4, 0.5) is 5.82 Å². The molecule has 2 aromatic heterocycles. The number of ether oxygens (including phenoxy) is 2. The number of rotatable bonds is 7. The first-order valence-electron chi connectivity index (χ1n) is 11.5. The van der Waals surface area contributed by atoms with Crippen LogP contribution in [0.3, 0.4) is 0 Å². The molecule has 0 unspecified atom stereocenters. The number of benzene rings is 2. The Labute approximate surface area is 192 Å². The SMILES string of the molecule is Nc1ncnc2c1c(-c1ccc(Oc3ccccc3)cc1)cn2C[C@H]1CCCN1C[C@@H]1CO1. The predicted octanol–water partition coefficient (Wildman–Crippen LogP) is 4.34. The summed E-state index contributed by atoms with van der Waals surface area (Å²) in [5, 5.41) is 0.907. The van der Waals surface area contributed by atoms with E-state index in [1.165, 1.54) is 12.8 Å². The van der Waals surface area contributed by atoms with Gasteiger partial charge in [-0.15, -0.1) is 0 Å². The van der Waals surface area contributed by atoms with Crippen molar-refractivity contribution in [3.63, 3.8) is 0 Å². The normalized spacial score (nSPS) is 20.4. The largest absolute Gasteiger partial charge is 0.457 e. The molecule has 0 saturated carbocycles. The number of epoxide rings is 1. The van der Waals surface area contributed by atoms with Crippen LogP contribution in [0.15, 0.2) is 67.1 Å². The quantitative estimate of drug-likeness (QED) is 0.430. The van der Waals surface area contributed by atoms with Gasteiger partial charge in [0.15, 0.2) is 0 Å². The summed E-state index contributed by atoms with van der Waals surface area (Å²) in [4.78, 5) is 11.4. The molecule has 2 aliphatic heterocycles. The topological polar surface area (TPSA) is 81.7 Å². The Morgan fingerprint density at radius 1 is 1.00 bits per heavy atom. The molecular formula is C26H27N5O2. The summed E-state index contributed by atoms with van der Waals surface area (Å²) >= 11 is 0. The average Bonchev–Trinajstić information content (AvgIpc) is 3.43. The molecule has 0 aliphatic carbocycles. The van der Waals surface area contributed by atoms with Crippen LogP contribution < -0.4 is 10.5 Å². The number of hydrogen-bond acceptors (Lipinski definition) is 6. The number of anilines is 1. The van der Waals surface area contributed by atoms with Crippen LogP contribution in [0.2, 0.25) is 0 Å². The van der Waals surface area contributed by atoms with Gasteiger partial charge in [-0.2, -0.15) is 0 Å². The second-order valence-electron chi connectivity index (χ2n) is 8.84. The van der Waals surface area contributed by atoms with Crippen molar-refractivity contribution in [2.45, 2.75) is 31.5 Å². The van der Waals surface area contributed by atoms with Gasteiger partial charge in [0.1, 0.15) is 29.3 Å². The molecule has 0 bridgehead atoms. The summed E-state index contributed by atoms with van der Waals surface area (Å²) in [5.74, 6) is 2.12. The van der Waals surface area contributed by atoms with Crippen molar-refractivity contribution in [1.82, 2.24) is 19.4 Å². The zero-order valence-corrected chi connectivity index (χ0v) is 18.4. The number of nitrogens with two attached hydrogens (primary N) is 1. The molecule has 2 fully saturated rings. The van der Waals surface area contributed by atoms with Gasteiger partial charge in [0.25, 0.3) is 0 Å². The van der Waals surface area contributed by atoms with Crippen LogP contribution in [0.1, 0.15) is 12.8 Å². The van der Waals surface area contributed by atoms with Crippen LogP contribution in [-0.2, 0) is 11.3 Å². The van der Waals surface area contributed by atoms with Gasteiger partial charge in [-0.05, 0) is 49.2 Å². The molecule has 2 atom stereocenters. The van der Waals surface area contributed by atoms with E-state index in [9.17, 15) is 0 Å². The summed E-state index contributed by atoms with van der Waals surface area (Å²) in [5.41, 5.74) is 9.33. The van der Waals surface area contributed by atoms with Crippen LogP contribution in [0.5, 0.6) is 11.5 Å². The summed E-state index contributed by atoms with van der Waals surface area (Å²) < 4.78 is 13.7. The Balaban J connectivity index is 1.30. The third kappa shape index (κ3) is 4.17. The van der Waals surface area contributed by atoms with Crippen LogP contribution in [0.25, 0.3) is 22.2 Å². The highest BCUT2D eigenvalue weighted by Crippen LogP contribution is 2.35. The molecule has 2 aliphatic rings.